The molecule has 2 aromatic heterocycles. The summed E-state index contributed by atoms with van der Waals surface area (Å²) >= 11 is 0. The summed E-state index contributed by atoms with van der Waals surface area (Å²) in [5.74, 6) is 0.835. The van der Waals surface area contributed by atoms with Gasteiger partial charge in [-0.15, -0.1) is 0 Å². The van der Waals surface area contributed by atoms with Crippen LogP contribution in [0.4, 0.5) is 0 Å². The minimum absolute atomic E-state index is 0.835. The van der Waals surface area contributed by atoms with Crippen molar-refractivity contribution >= 4 is 27.5 Å². The molecule has 2 heterocycles. The van der Waals surface area contributed by atoms with Crippen LogP contribution in [0.1, 0.15) is 0 Å². The molecular weight excluding hydrogens is 236 g/mol. The largest absolute Gasteiger partial charge is 0.481 e. The molecule has 0 aliphatic carbocycles. The SMILES string of the molecule is COc1c2ccccc2nc2cc3ccccc3n12. The Bertz CT molecular complexity index is 908. The molecule has 0 saturated carbocycles. The Morgan fingerprint density at radius 2 is 1.79 bits per heavy atom. The molecule has 4 rings (SSSR count). The van der Waals surface area contributed by atoms with Gasteiger partial charge < -0.3 is 4.74 Å². The topological polar surface area (TPSA) is 26.5 Å². The second-order valence-electron chi connectivity index (χ2n) is 4.53. The molecule has 0 bridgehead atoms. The van der Waals surface area contributed by atoms with E-state index in [-0.39, 0.29) is 0 Å². The Balaban J connectivity index is 2.33. The van der Waals surface area contributed by atoms with Crippen LogP contribution in [-0.2, 0) is 0 Å². The van der Waals surface area contributed by atoms with E-state index >= 15 is 0 Å². The predicted molar refractivity (Wildman–Crippen MR) is 76.8 cm³/mol. The summed E-state index contributed by atoms with van der Waals surface area (Å²) in [7, 11) is 1.70. The lowest BCUT2D eigenvalue weighted by molar-refractivity contribution is 0.399. The molecular formula is C16H12N2O. The van der Waals surface area contributed by atoms with Gasteiger partial charge in [0.25, 0.3) is 0 Å². The third-order valence-corrected chi connectivity index (χ3v) is 3.46. The molecule has 0 atom stereocenters. The normalized spacial score (nSPS) is 11.4. The van der Waals surface area contributed by atoms with Crippen molar-refractivity contribution in [2.45, 2.75) is 0 Å². The fraction of sp³-hybridized carbons (Fsp3) is 0.0625. The summed E-state index contributed by atoms with van der Waals surface area (Å²) in [6, 6.07) is 18.4. The summed E-state index contributed by atoms with van der Waals surface area (Å²) in [4.78, 5) is 4.71. The summed E-state index contributed by atoms with van der Waals surface area (Å²) in [6.07, 6.45) is 0. The van der Waals surface area contributed by atoms with Crippen molar-refractivity contribution in [3.05, 3.63) is 54.6 Å². The van der Waals surface area contributed by atoms with Gasteiger partial charge in [-0.25, -0.2) is 4.98 Å². The highest BCUT2D eigenvalue weighted by molar-refractivity contribution is 5.93. The number of hydrogen-bond donors (Lipinski definition) is 0. The molecule has 0 radical (unpaired) electrons. The Hall–Kier alpha value is -2.55. The molecule has 2 aromatic carbocycles. The lowest BCUT2D eigenvalue weighted by atomic mass is 10.2. The Labute approximate surface area is 110 Å². The molecule has 92 valence electrons. The number of nitrogens with zero attached hydrogens (tertiary/aromatic N) is 2. The summed E-state index contributed by atoms with van der Waals surface area (Å²) in [5.41, 5.74) is 2.99. The summed E-state index contributed by atoms with van der Waals surface area (Å²) in [6.45, 7) is 0. The van der Waals surface area contributed by atoms with Crippen LogP contribution in [0.5, 0.6) is 5.88 Å². The van der Waals surface area contributed by atoms with Gasteiger partial charge in [0.2, 0.25) is 5.88 Å². The van der Waals surface area contributed by atoms with Gasteiger partial charge in [0.05, 0.1) is 23.5 Å². The molecule has 0 saturated heterocycles. The van der Waals surface area contributed by atoms with Gasteiger partial charge >= 0.3 is 0 Å². The molecule has 0 unspecified atom stereocenters. The van der Waals surface area contributed by atoms with E-state index in [1.165, 1.54) is 5.39 Å². The quantitative estimate of drug-likeness (QED) is 0.514. The van der Waals surface area contributed by atoms with Crippen molar-refractivity contribution in [3.8, 4) is 5.88 Å². The first-order valence-corrected chi connectivity index (χ1v) is 6.21. The number of methoxy groups -OCH3 is 1. The van der Waals surface area contributed by atoms with E-state index in [0.29, 0.717) is 0 Å². The van der Waals surface area contributed by atoms with Gasteiger partial charge in [0, 0.05) is 5.39 Å². The molecule has 0 amide bonds. The van der Waals surface area contributed by atoms with Gasteiger partial charge in [0.1, 0.15) is 5.65 Å². The van der Waals surface area contributed by atoms with E-state index < -0.39 is 0 Å². The maximum Gasteiger partial charge on any atom is 0.209 e. The van der Waals surface area contributed by atoms with Gasteiger partial charge in [-0.05, 0) is 24.3 Å². The van der Waals surface area contributed by atoms with Gasteiger partial charge in [-0.2, -0.15) is 0 Å². The van der Waals surface area contributed by atoms with Crippen molar-refractivity contribution in [2.75, 3.05) is 7.11 Å². The van der Waals surface area contributed by atoms with E-state index in [0.717, 1.165) is 27.9 Å². The van der Waals surface area contributed by atoms with Gasteiger partial charge in [-0.1, -0.05) is 30.3 Å². The average molecular weight is 248 g/mol. The van der Waals surface area contributed by atoms with E-state index in [4.69, 9.17) is 9.72 Å². The zero-order valence-corrected chi connectivity index (χ0v) is 10.5. The van der Waals surface area contributed by atoms with Crippen LogP contribution in [0.25, 0.3) is 27.5 Å². The molecule has 3 nitrogen and oxygen atoms in total. The first-order chi connectivity index (χ1) is 9.38. The molecule has 0 fully saturated rings. The van der Waals surface area contributed by atoms with Gasteiger partial charge in [0.15, 0.2) is 0 Å². The van der Waals surface area contributed by atoms with E-state index in [1.54, 1.807) is 7.11 Å². The fourth-order valence-corrected chi connectivity index (χ4v) is 2.63. The van der Waals surface area contributed by atoms with Crippen LogP contribution in [0.3, 0.4) is 0 Å². The molecule has 3 heteroatoms. The lowest BCUT2D eigenvalue weighted by Gasteiger charge is -2.09. The van der Waals surface area contributed by atoms with Crippen molar-refractivity contribution in [2.24, 2.45) is 0 Å². The minimum Gasteiger partial charge on any atom is -0.481 e. The summed E-state index contributed by atoms with van der Waals surface area (Å²) < 4.78 is 7.70. The van der Waals surface area contributed by atoms with Gasteiger partial charge in [-0.3, -0.25) is 4.40 Å². The number of fused-ring (bicyclic) bond motifs is 4. The Morgan fingerprint density at radius 1 is 1.00 bits per heavy atom. The zero-order valence-electron chi connectivity index (χ0n) is 10.5. The molecule has 0 N–H and O–H groups in total. The van der Waals surface area contributed by atoms with E-state index in [1.807, 2.05) is 36.4 Å². The smallest absolute Gasteiger partial charge is 0.209 e. The number of rotatable bonds is 1. The first-order valence-electron chi connectivity index (χ1n) is 6.21. The summed E-state index contributed by atoms with van der Waals surface area (Å²) in [5, 5.41) is 2.20. The van der Waals surface area contributed by atoms with Crippen molar-refractivity contribution in [1.29, 1.82) is 0 Å². The van der Waals surface area contributed by atoms with Crippen molar-refractivity contribution in [1.82, 2.24) is 9.38 Å². The van der Waals surface area contributed by atoms with Crippen molar-refractivity contribution < 1.29 is 4.74 Å². The number of hydrogen-bond acceptors (Lipinski definition) is 2. The molecule has 0 spiro atoms. The van der Waals surface area contributed by atoms with Crippen LogP contribution in [0, 0.1) is 0 Å². The highest BCUT2D eigenvalue weighted by Gasteiger charge is 2.12. The maximum atomic E-state index is 5.63. The highest BCUT2D eigenvalue weighted by Crippen LogP contribution is 2.30. The number of benzene rings is 2. The standard InChI is InChI=1S/C16H12N2O/c1-19-16-12-7-3-4-8-13(12)17-15-10-11-6-2-5-9-14(11)18(15)16/h2-10H,1H3. The molecule has 19 heavy (non-hydrogen) atoms. The van der Waals surface area contributed by atoms with Crippen molar-refractivity contribution in [3.63, 3.8) is 0 Å². The third-order valence-electron chi connectivity index (χ3n) is 3.46. The van der Waals surface area contributed by atoms with Crippen LogP contribution in [0.2, 0.25) is 0 Å². The Morgan fingerprint density at radius 3 is 2.68 bits per heavy atom. The number of ether oxygens (including phenoxy) is 1. The third kappa shape index (κ3) is 1.35. The predicted octanol–water partition coefficient (Wildman–Crippen LogP) is 3.65. The van der Waals surface area contributed by atoms with Crippen LogP contribution >= 0.6 is 0 Å². The van der Waals surface area contributed by atoms with Crippen LogP contribution in [0.15, 0.2) is 54.6 Å². The van der Waals surface area contributed by atoms with Crippen LogP contribution < -0.4 is 4.74 Å². The molecule has 0 aliphatic rings. The van der Waals surface area contributed by atoms with E-state index in [9.17, 15) is 0 Å². The zero-order chi connectivity index (χ0) is 12.8. The Kier molecular flexibility index (Phi) is 2.03. The minimum atomic E-state index is 0.835. The molecule has 4 aromatic rings. The van der Waals surface area contributed by atoms with Crippen LogP contribution in [-0.4, -0.2) is 16.5 Å². The second-order valence-corrected chi connectivity index (χ2v) is 4.53. The maximum absolute atomic E-state index is 5.63. The lowest BCUT2D eigenvalue weighted by Crippen LogP contribution is -1.97. The monoisotopic (exact) mass is 248 g/mol. The average Bonchev–Trinajstić information content (AvgIpc) is 2.82. The second kappa shape index (κ2) is 3.72. The van der Waals surface area contributed by atoms with E-state index in [2.05, 4.69) is 22.6 Å². The fourth-order valence-electron chi connectivity index (χ4n) is 2.63. The highest BCUT2D eigenvalue weighted by atomic mass is 16.5. The number of para-hydroxylation sites is 2. The molecule has 0 aliphatic heterocycles. The first kappa shape index (κ1) is 10.4. The number of aromatic nitrogens is 2.